The van der Waals surface area contributed by atoms with Gasteiger partial charge in [0.25, 0.3) is 0 Å². The van der Waals surface area contributed by atoms with Crippen LogP contribution >= 0.6 is 0 Å². The first-order valence-electron chi connectivity index (χ1n) is 5.60. The van der Waals surface area contributed by atoms with Gasteiger partial charge >= 0.3 is 0 Å². The summed E-state index contributed by atoms with van der Waals surface area (Å²) in [6.07, 6.45) is 0. The van der Waals surface area contributed by atoms with Crippen LogP contribution in [0.1, 0.15) is 22.4 Å². The lowest BCUT2D eigenvalue weighted by Gasteiger charge is -2.10. The van der Waals surface area contributed by atoms with Gasteiger partial charge in [-0.2, -0.15) is 0 Å². The molecule has 2 rings (SSSR count). The van der Waals surface area contributed by atoms with Gasteiger partial charge in [-0.15, -0.1) is 0 Å². The molecule has 0 aliphatic carbocycles. The van der Waals surface area contributed by atoms with E-state index < -0.39 is 0 Å². The number of aromatic nitrogens is 1. The van der Waals surface area contributed by atoms with Gasteiger partial charge in [-0.3, -0.25) is 4.98 Å². The summed E-state index contributed by atoms with van der Waals surface area (Å²) in [5.74, 6) is 0. The van der Waals surface area contributed by atoms with Gasteiger partial charge in [0.15, 0.2) is 0 Å². The third-order valence-corrected chi connectivity index (χ3v) is 3.06. The Morgan fingerprint density at radius 3 is 2.19 bits per heavy atom. The lowest BCUT2D eigenvalue weighted by molar-refractivity contribution is 1.13. The van der Waals surface area contributed by atoms with E-state index in [1.54, 1.807) is 0 Å². The molecule has 0 amide bonds. The van der Waals surface area contributed by atoms with Gasteiger partial charge in [-0.25, -0.2) is 0 Å². The molecule has 0 N–H and O–H groups in total. The molecule has 1 aromatic carbocycles. The standard InChI is InChI=1S/C15H17N/c1-10-7-5-6-8-14(10)15-12(3)9-11(2)13(4)16-15/h5-9H,1-4H3. The van der Waals surface area contributed by atoms with E-state index in [4.69, 9.17) is 4.98 Å². The van der Waals surface area contributed by atoms with Crippen LogP contribution < -0.4 is 0 Å². The number of nitrogens with zero attached hydrogens (tertiary/aromatic N) is 1. The summed E-state index contributed by atoms with van der Waals surface area (Å²) < 4.78 is 0. The minimum Gasteiger partial charge on any atom is -0.253 e. The monoisotopic (exact) mass is 211 g/mol. The quantitative estimate of drug-likeness (QED) is 0.695. The normalized spacial score (nSPS) is 10.5. The summed E-state index contributed by atoms with van der Waals surface area (Å²) in [6, 6.07) is 10.6. The minimum absolute atomic E-state index is 1.11. The lowest BCUT2D eigenvalue weighted by atomic mass is 10.0. The summed E-state index contributed by atoms with van der Waals surface area (Å²) >= 11 is 0. The summed E-state index contributed by atoms with van der Waals surface area (Å²) in [5, 5.41) is 0. The van der Waals surface area contributed by atoms with Crippen molar-refractivity contribution in [1.29, 1.82) is 0 Å². The highest BCUT2D eigenvalue weighted by atomic mass is 14.7. The number of aryl methyl sites for hydroxylation is 4. The van der Waals surface area contributed by atoms with Crippen molar-refractivity contribution in [2.75, 3.05) is 0 Å². The SMILES string of the molecule is Cc1ccccc1-c1nc(C)c(C)cc1C. The van der Waals surface area contributed by atoms with Gasteiger partial charge in [-0.05, 0) is 44.4 Å². The number of rotatable bonds is 1. The second-order valence-corrected chi connectivity index (χ2v) is 4.37. The molecule has 0 aliphatic rings. The fraction of sp³-hybridized carbons (Fsp3) is 0.267. The average Bonchev–Trinajstić information content (AvgIpc) is 2.25. The summed E-state index contributed by atoms with van der Waals surface area (Å²) in [6.45, 7) is 8.43. The molecule has 1 aromatic heterocycles. The van der Waals surface area contributed by atoms with E-state index in [2.05, 4.69) is 58.0 Å². The molecule has 0 saturated heterocycles. The lowest BCUT2D eigenvalue weighted by Crippen LogP contribution is -1.95. The van der Waals surface area contributed by atoms with Crippen molar-refractivity contribution in [3.63, 3.8) is 0 Å². The van der Waals surface area contributed by atoms with Crippen molar-refractivity contribution in [1.82, 2.24) is 4.98 Å². The van der Waals surface area contributed by atoms with Crippen LogP contribution in [0.5, 0.6) is 0 Å². The Morgan fingerprint density at radius 1 is 0.812 bits per heavy atom. The van der Waals surface area contributed by atoms with Crippen molar-refractivity contribution in [3.8, 4) is 11.3 Å². The predicted octanol–water partition coefficient (Wildman–Crippen LogP) is 3.98. The Balaban J connectivity index is 2.65. The van der Waals surface area contributed by atoms with Crippen molar-refractivity contribution in [3.05, 3.63) is 52.7 Å². The number of hydrogen-bond donors (Lipinski definition) is 0. The summed E-state index contributed by atoms with van der Waals surface area (Å²) in [7, 11) is 0. The molecule has 0 fully saturated rings. The Kier molecular flexibility index (Phi) is 2.78. The minimum atomic E-state index is 1.11. The number of pyridine rings is 1. The first-order chi connectivity index (χ1) is 7.59. The zero-order valence-electron chi connectivity index (χ0n) is 10.3. The molecule has 1 heterocycles. The molecule has 16 heavy (non-hydrogen) atoms. The first kappa shape index (κ1) is 10.9. The second kappa shape index (κ2) is 4.09. The maximum absolute atomic E-state index is 4.70. The van der Waals surface area contributed by atoms with Gasteiger partial charge in [0.05, 0.1) is 5.69 Å². The molecule has 0 bridgehead atoms. The van der Waals surface area contributed by atoms with Crippen LogP contribution in [0.15, 0.2) is 30.3 Å². The van der Waals surface area contributed by atoms with Gasteiger partial charge in [0, 0.05) is 11.3 Å². The zero-order chi connectivity index (χ0) is 11.7. The molecule has 0 unspecified atom stereocenters. The topological polar surface area (TPSA) is 12.9 Å². The van der Waals surface area contributed by atoms with Crippen LogP contribution in [0.4, 0.5) is 0 Å². The Morgan fingerprint density at radius 2 is 1.50 bits per heavy atom. The van der Waals surface area contributed by atoms with Crippen LogP contribution in [0, 0.1) is 27.7 Å². The highest BCUT2D eigenvalue weighted by Crippen LogP contribution is 2.25. The van der Waals surface area contributed by atoms with E-state index >= 15 is 0 Å². The molecule has 1 heteroatoms. The number of benzene rings is 1. The fourth-order valence-corrected chi connectivity index (χ4v) is 1.95. The van der Waals surface area contributed by atoms with Gasteiger partial charge in [-0.1, -0.05) is 30.3 Å². The number of hydrogen-bond acceptors (Lipinski definition) is 1. The predicted molar refractivity (Wildman–Crippen MR) is 68.6 cm³/mol. The third-order valence-electron chi connectivity index (χ3n) is 3.06. The maximum atomic E-state index is 4.70. The molecular formula is C15H17N. The highest BCUT2D eigenvalue weighted by Gasteiger charge is 2.07. The van der Waals surface area contributed by atoms with E-state index in [1.165, 1.54) is 22.3 Å². The van der Waals surface area contributed by atoms with Crippen molar-refractivity contribution >= 4 is 0 Å². The fourth-order valence-electron chi connectivity index (χ4n) is 1.95. The molecule has 82 valence electrons. The Bertz CT molecular complexity index is 527. The summed E-state index contributed by atoms with van der Waals surface area (Å²) in [4.78, 5) is 4.70. The van der Waals surface area contributed by atoms with E-state index in [9.17, 15) is 0 Å². The molecular weight excluding hydrogens is 194 g/mol. The molecule has 0 radical (unpaired) electrons. The molecule has 2 aromatic rings. The van der Waals surface area contributed by atoms with Gasteiger partial charge in [0.2, 0.25) is 0 Å². The van der Waals surface area contributed by atoms with Crippen molar-refractivity contribution < 1.29 is 0 Å². The summed E-state index contributed by atoms with van der Waals surface area (Å²) in [5.41, 5.74) is 7.25. The van der Waals surface area contributed by atoms with Crippen LogP contribution in [-0.4, -0.2) is 4.98 Å². The van der Waals surface area contributed by atoms with Crippen LogP contribution in [-0.2, 0) is 0 Å². The zero-order valence-corrected chi connectivity index (χ0v) is 10.3. The molecule has 0 aliphatic heterocycles. The van der Waals surface area contributed by atoms with E-state index in [1.807, 2.05) is 0 Å². The van der Waals surface area contributed by atoms with Crippen LogP contribution in [0.25, 0.3) is 11.3 Å². The Labute approximate surface area is 97.2 Å². The van der Waals surface area contributed by atoms with Crippen molar-refractivity contribution in [2.24, 2.45) is 0 Å². The maximum Gasteiger partial charge on any atom is 0.0737 e. The molecule has 0 saturated carbocycles. The van der Waals surface area contributed by atoms with Crippen LogP contribution in [0.3, 0.4) is 0 Å². The molecule has 1 nitrogen and oxygen atoms in total. The van der Waals surface area contributed by atoms with E-state index in [-0.39, 0.29) is 0 Å². The average molecular weight is 211 g/mol. The largest absolute Gasteiger partial charge is 0.253 e. The first-order valence-corrected chi connectivity index (χ1v) is 5.60. The van der Waals surface area contributed by atoms with E-state index in [0.717, 1.165) is 11.4 Å². The smallest absolute Gasteiger partial charge is 0.0737 e. The van der Waals surface area contributed by atoms with Gasteiger partial charge in [0.1, 0.15) is 0 Å². The Hall–Kier alpha value is -1.63. The van der Waals surface area contributed by atoms with Gasteiger partial charge < -0.3 is 0 Å². The van der Waals surface area contributed by atoms with E-state index in [0.29, 0.717) is 0 Å². The highest BCUT2D eigenvalue weighted by molar-refractivity contribution is 5.67. The molecule has 0 spiro atoms. The second-order valence-electron chi connectivity index (χ2n) is 4.37. The van der Waals surface area contributed by atoms with Crippen molar-refractivity contribution in [2.45, 2.75) is 27.7 Å². The third kappa shape index (κ3) is 1.85. The molecule has 0 atom stereocenters. The van der Waals surface area contributed by atoms with Crippen LogP contribution in [0.2, 0.25) is 0 Å².